The lowest BCUT2D eigenvalue weighted by atomic mass is 10.2. The van der Waals surface area contributed by atoms with E-state index in [1.165, 1.54) is 6.20 Å². The van der Waals surface area contributed by atoms with Gasteiger partial charge in [0.25, 0.3) is 0 Å². The van der Waals surface area contributed by atoms with Crippen LogP contribution in [0, 0.1) is 6.33 Å². The standard InChI is InChI=1S/C8H12N3O4S/c1-8(2,3)15-7(12)10-16(13,14)11-5-4-9-6-11/h4-5H,1-3H3,(H,10,12). The van der Waals surface area contributed by atoms with E-state index < -0.39 is 21.9 Å². The second kappa shape index (κ2) is 4.12. The molecular formula is C8H12N3O4S. The van der Waals surface area contributed by atoms with E-state index in [1.807, 2.05) is 0 Å². The Morgan fingerprint density at radius 3 is 2.56 bits per heavy atom. The smallest absolute Gasteiger partial charge is 0.422 e. The van der Waals surface area contributed by atoms with E-state index in [0.717, 1.165) is 6.20 Å². The lowest BCUT2D eigenvalue weighted by molar-refractivity contribution is 0.0569. The van der Waals surface area contributed by atoms with Gasteiger partial charge in [0.15, 0.2) is 6.33 Å². The molecule has 0 bridgehead atoms. The van der Waals surface area contributed by atoms with Crippen LogP contribution in [0.1, 0.15) is 20.8 Å². The highest BCUT2D eigenvalue weighted by Crippen LogP contribution is 2.07. The van der Waals surface area contributed by atoms with Crippen molar-refractivity contribution in [2.24, 2.45) is 0 Å². The summed E-state index contributed by atoms with van der Waals surface area (Å²) >= 11 is 0. The maximum atomic E-state index is 11.5. The molecule has 0 unspecified atom stereocenters. The van der Waals surface area contributed by atoms with Crippen LogP contribution < -0.4 is 4.72 Å². The fraction of sp³-hybridized carbons (Fsp3) is 0.500. The van der Waals surface area contributed by atoms with Crippen LogP contribution in [0.25, 0.3) is 0 Å². The largest absolute Gasteiger partial charge is 0.443 e. The number of hydrogen-bond acceptors (Lipinski definition) is 5. The van der Waals surface area contributed by atoms with E-state index in [0.29, 0.717) is 3.97 Å². The maximum Gasteiger partial charge on any atom is 0.422 e. The van der Waals surface area contributed by atoms with Crippen LogP contribution in [-0.2, 0) is 14.9 Å². The predicted molar refractivity (Wildman–Crippen MR) is 54.8 cm³/mol. The van der Waals surface area contributed by atoms with Crippen molar-refractivity contribution in [2.45, 2.75) is 26.4 Å². The van der Waals surface area contributed by atoms with Gasteiger partial charge in [-0.15, -0.1) is 0 Å². The third-order valence-corrected chi connectivity index (χ3v) is 2.45. The number of ether oxygens (including phenoxy) is 1. The average Bonchev–Trinajstić information content (AvgIpc) is 2.49. The average molecular weight is 246 g/mol. The first-order valence-electron chi connectivity index (χ1n) is 4.38. The van der Waals surface area contributed by atoms with Gasteiger partial charge in [-0.1, -0.05) is 0 Å². The van der Waals surface area contributed by atoms with Gasteiger partial charge in [-0.25, -0.2) is 18.5 Å². The molecule has 0 aromatic carbocycles. The molecule has 0 saturated carbocycles. The van der Waals surface area contributed by atoms with Crippen LogP contribution in [0.15, 0.2) is 12.4 Å². The van der Waals surface area contributed by atoms with E-state index in [9.17, 15) is 13.2 Å². The van der Waals surface area contributed by atoms with Gasteiger partial charge < -0.3 is 4.74 Å². The van der Waals surface area contributed by atoms with Crippen LogP contribution >= 0.6 is 0 Å². The normalized spacial score (nSPS) is 12.2. The molecule has 0 spiro atoms. The second-order valence-corrected chi connectivity index (χ2v) is 5.48. The summed E-state index contributed by atoms with van der Waals surface area (Å²) in [6.07, 6.45) is 3.48. The number of nitrogens with zero attached hydrogens (tertiary/aromatic N) is 2. The number of imidazole rings is 1. The number of carbonyl (C=O) groups is 1. The third kappa shape index (κ3) is 3.54. The minimum Gasteiger partial charge on any atom is -0.443 e. The molecule has 1 amide bonds. The molecule has 0 saturated heterocycles. The number of nitrogens with one attached hydrogen (secondary N) is 1. The highest BCUT2D eigenvalue weighted by Gasteiger charge is 2.22. The van der Waals surface area contributed by atoms with Crippen molar-refractivity contribution in [1.29, 1.82) is 0 Å². The molecule has 0 fully saturated rings. The quantitative estimate of drug-likeness (QED) is 0.810. The van der Waals surface area contributed by atoms with Gasteiger partial charge in [-0.05, 0) is 20.8 Å². The van der Waals surface area contributed by atoms with Gasteiger partial charge in [-0.3, -0.25) is 0 Å². The molecule has 0 aliphatic rings. The summed E-state index contributed by atoms with van der Waals surface area (Å²) in [5.41, 5.74) is -0.766. The summed E-state index contributed by atoms with van der Waals surface area (Å²) in [6, 6.07) is 0. The molecule has 1 N–H and O–H groups in total. The van der Waals surface area contributed by atoms with Gasteiger partial charge in [0.2, 0.25) is 0 Å². The molecule has 8 heteroatoms. The van der Waals surface area contributed by atoms with Crippen LogP contribution in [0.5, 0.6) is 0 Å². The molecule has 7 nitrogen and oxygen atoms in total. The summed E-state index contributed by atoms with van der Waals surface area (Å²) in [7, 11) is -4.01. The second-order valence-electron chi connectivity index (χ2n) is 3.93. The molecule has 1 radical (unpaired) electrons. The van der Waals surface area contributed by atoms with Gasteiger partial charge in [0.1, 0.15) is 5.60 Å². The summed E-state index contributed by atoms with van der Waals surface area (Å²) < 4.78 is 30.1. The first-order chi connectivity index (χ1) is 7.21. The SMILES string of the molecule is CC(C)(C)OC(=O)NS(=O)(=O)n1[c]ncc1. The number of hydrogen-bond donors (Lipinski definition) is 1. The molecule has 0 aliphatic heterocycles. The van der Waals surface area contributed by atoms with Gasteiger partial charge in [0, 0.05) is 12.4 Å². The van der Waals surface area contributed by atoms with Crippen molar-refractivity contribution >= 4 is 16.3 Å². The Morgan fingerprint density at radius 1 is 1.50 bits per heavy atom. The van der Waals surface area contributed by atoms with Gasteiger partial charge >= 0.3 is 16.3 Å². The predicted octanol–water partition coefficient (Wildman–Crippen LogP) is 0.301. The molecule has 1 aromatic heterocycles. The fourth-order valence-corrected chi connectivity index (χ4v) is 1.52. The van der Waals surface area contributed by atoms with E-state index in [1.54, 1.807) is 25.5 Å². The van der Waals surface area contributed by atoms with Crippen molar-refractivity contribution in [3.63, 3.8) is 0 Å². The van der Waals surface area contributed by atoms with E-state index in [4.69, 9.17) is 4.74 Å². The highest BCUT2D eigenvalue weighted by atomic mass is 32.2. The number of aromatic nitrogens is 2. The Labute approximate surface area is 93.6 Å². The summed E-state index contributed by atoms with van der Waals surface area (Å²) in [4.78, 5) is 14.6. The Bertz CT molecular complexity index is 458. The number of amides is 1. The van der Waals surface area contributed by atoms with Crippen LogP contribution in [0.3, 0.4) is 0 Å². The lowest BCUT2D eigenvalue weighted by Crippen LogP contribution is -2.38. The monoisotopic (exact) mass is 246 g/mol. The van der Waals surface area contributed by atoms with Crippen molar-refractivity contribution in [1.82, 2.24) is 13.7 Å². The zero-order valence-electron chi connectivity index (χ0n) is 9.09. The van der Waals surface area contributed by atoms with Gasteiger partial charge in [0.05, 0.1) is 0 Å². The zero-order chi connectivity index (χ0) is 12.4. The van der Waals surface area contributed by atoms with Crippen molar-refractivity contribution in [3.05, 3.63) is 18.7 Å². The van der Waals surface area contributed by atoms with Crippen molar-refractivity contribution in [3.8, 4) is 0 Å². The minimum absolute atomic E-state index is 0.650. The van der Waals surface area contributed by atoms with Crippen LogP contribution in [-0.4, -0.2) is 29.1 Å². The first kappa shape index (κ1) is 12.5. The first-order valence-corrected chi connectivity index (χ1v) is 5.82. The third-order valence-electron chi connectivity index (χ3n) is 1.30. The topological polar surface area (TPSA) is 90.3 Å². The van der Waals surface area contributed by atoms with E-state index in [2.05, 4.69) is 11.3 Å². The Hall–Kier alpha value is -1.57. The minimum atomic E-state index is -4.01. The molecule has 0 aliphatic carbocycles. The van der Waals surface area contributed by atoms with E-state index >= 15 is 0 Å². The maximum absolute atomic E-state index is 11.5. The molecule has 89 valence electrons. The van der Waals surface area contributed by atoms with Gasteiger partial charge in [-0.2, -0.15) is 8.42 Å². The molecular weight excluding hydrogens is 234 g/mol. The highest BCUT2D eigenvalue weighted by molar-refractivity contribution is 7.88. The molecule has 0 atom stereocenters. The molecule has 1 rings (SSSR count). The molecule has 16 heavy (non-hydrogen) atoms. The Balaban J connectivity index is 2.72. The fourth-order valence-electron chi connectivity index (χ4n) is 0.805. The van der Waals surface area contributed by atoms with Crippen LogP contribution in [0.4, 0.5) is 4.79 Å². The summed E-state index contributed by atoms with van der Waals surface area (Å²) in [5, 5.41) is 0. The lowest BCUT2D eigenvalue weighted by Gasteiger charge is -2.19. The summed E-state index contributed by atoms with van der Waals surface area (Å²) in [5.74, 6) is 0. The van der Waals surface area contributed by atoms with Crippen molar-refractivity contribution < 1.29 is 17.9 Å². The molecule has 1 aromatic rings. The Morgan fingerprint density at radius 2 is 2.12 bits per heavy atom. The summed E-state index contributed by atoms with van der Waals surface area (Å²) in [6.45, 7) is 4.88. The molecule has 1 heterocycles. The number of rotatable bonds is 2. The van der Waals surface area contributed by atoms with Crippen LogP contribution in [0.2, 0.25) is 0 Å². The van der Waals surface area contributed by atoms with Crippen molar-refractivity contribution in [2.75, 3.05) is 0 Å². The van der Waals surface area contributed by atoms with E-state index in [-0.39, 0.29) is 0 Å². The Kier molecular flexibility index (Phi) is 3.22. The zero-order valence-corrected chi connectivity index (χ0v) is 9.91. The number of carbonyl (C=O) groups excluding carboxylic acids is 1.